The van der Waals surface area contributed by atoms with E-state index in [-0.39, 0.29) is 0 Å². The predicted octanol–water partition coefficient (Wildman–Crippen LogP) is 14.6. The van der Waals surface area contributed by atoms with Crippen LogP contribution in [0, 0.1) is 0 Å². The first-order chi connectivity index (χ1) is 30.3. The molecule has 0 fully saturated rings. The van der Waals surface area contributed by atoms with Crippen LogP contribution in [0.15, 0.2) is 200 Å². The van der Waals surface area contributed by atoms with Crippen LogP contribution < -0.4 is 0 Å². The lowest BCUT2D eigenvalue weighted by Crippen LogP contribution is -2.03. The molecule has 6 heteroatoms. The van der Waals surface area contributed by atoms with E-state index in [9.17, 15) is 0 Å². The number of para-hydroxylation sites is 2. The lowest BCUT2D eigenvalue weighted by atomic mass is 9.97. The Morgan fingerprint density at radius 2 is 1.16 bits per heavy atom. The molecule has 0 unspecified atom stereocenters. The second-order valence-electron chi connectivity index (χ2n) is 15.6. The summed E-state index contributed by atoms with van der Waals surface area (Å²) in [7, 11) is 0. The molecule has 13 rings (SSSR count). The zero-order valence-electron chi connectivity index (χ0n) is 32.7. The molecule has 0 aliphatic carbocycles. The molecule has 61 heavy (non-hydrogen) atoms. The number of aromatic nitrogens is 5. The molecule has 5 heterocycles. The monoisotopic (exact) mass is 795 g/mol. The highest BCUT2D eigenvalue weighted by molar-refractivity contribution is 7.23. The first-order valence-corrected chi connectivity index (χ1v) is 21.3. The van der Waals surface area contributed by atoms with Gasteiger partial charge in [0.15, 0.2) is 11.6 Å². The Balaban J connectivity index is 1.14. The molecule has 0 saturated carbocycles. The van der Waals surface area contributed by atoms with Crippen molar-refractivity contribution in [2.75, 3.05) is 0 Å². The van der Waals surface area contributed by atoms with Gasteiger partial charge in [-0.05, 0) is 88.1 Å². The van der Waals surface area contributed by atoms with Gasteiger partial charge < -0.3 is 4.57 Å². The van der Waals surface area contributed by atoms with Gasteiger partial charge in [-0.1, -0.05) is 127 Å². The maximum absolute atomic E-state index is 5.57. The van der Waals surface area contributed by atoms with Gasteiger partial charge >= 0.3 is 0 Å². The number of rotatable bonds is 5. The number of thiophene rings is 1. The molecule has 8 aromatic carbocycles. The number of nitrogens with zero attached hydrogens (tertiary/aromatic N) is 5. The average molecular weight is 796 g/mol. The third kappa shape index (κ3) is 5.16. The molecule has 284 valence electrons. The van der Waals surface area contributed by atoms with Gasteiger partial charge in [0.25, 0.3) is 0 Å². The van der Waals surface area contributed by atoms with Crippen LogP contribution in [-0.2, 0) is 0 Å². The van der Waals surface area contributed by atoms with E-state index in [4.69, 9.17) is 9.97 Å². The Morgan fingerprint density at radius 1 is 0.426 bits per heavy atom. The van der Waals surface area contributed by atoms with Crippen molar-refractivity contribution in [2.24, 2.45) is 0 Å². The highest BCUT2D eigenvalue weighted by Gasteiger charge is 2.23. The molecule has 5 aromatic heterocycles. The van der Waals surface area contributed by atoms with Gasteiger partial charge in [0, 0.05) is 60.2 Å². The molecular weight excluding hydrogens is 763 g/mol. The molecule has 0 saturated heterocycles. The van der Waals surface area contributed by atoms with Crippen molar-refractivity contribution in [2.45, 2.75) is 0 Å². The Labute approximate surface area is 354 Å². The predicted molar refractivity (Wildman–Crippen MR) is 255 cm³/mol. The molecule has 0 aliphatic heterocycles. The van der Waals surface area contributed by atoms with Gasteiger partial charge in [-0.2, -0.15) is 0 Å². The highest BCUT2D eigenvalue weighted by Crippen LogP contribution is 2.45. The van der Waals surface area contributed by atoms with E-state index in [1.807, 2.05) is 24.5 Å². The number of hydrogen-bond acceptors (Lipinski definition) is 4. The van der Waals surface area contributed by atoms with Crippen molar-refractivity contribution in [1.29, 1.82) is 0 Å². The molecule has 0 aliphatic rings. The lowest BCUT2D eigenvalue weighted by molar-refractivity contribution is 1.08. The van der Waals surface area contributed by atoms with E-state index in [0.717, 1.165) is 39.0 Å². The van der Waals surface area contributed by atoms with E-state index >= 15 is 0 Å². The minimum Gasteiger partial charge on any atom is -0.309 e. The van der Waals surface area contributed by atoms with Crippen molar-refractivity contribution < 1.29 is 0 Å². The zero-order valence-corrected chi connectivity index (χ0v) is 33.5. The molecule has 0 N–H and O–H groups in total. The maximum Gasteiger partial charge on any atom is 0.162 e. The van der Waals surface area contributed by atoms with Gasteiger partial charge in [0.05, 0.1) is 33.0 Å². The topological polar surface area (TPSA) is 48.5 Å². The van der Waals surface area contributed by atoms with Crippen molar-refractivity contribution >= 4 is 86.7 Å². The van der Waals surface area contributed by atoms with Crippen LogP contribution in [0.5, 0.6) is 0 Å². The summed E-state index contributed by atoms with van der Waals surface area (Å²) in [5.74, 6) is 1.53. The van der Waals surface area contributed by atoms with E-state index in [0.29, 0.717) is 5.82 Å². The van der Waals surface area contributed by atoms with Gasteiger partial charge in [-0.15, -0.1) is 11.3 Å². The molecular formula is C55H33N5S. The SMILES string of the molecule is c1ccc(-c2cc3ccc4nc(-c5ccncc5)nc(-n5c6ccc(-c7cccc8c7c7ccccc7n8-c7ccccc7)cc6c6ccc7ccccc7c65)c4c3s2)cc1. The third-order valence-corrected chi connectivity index (χ3v) is 13.4. The van der Waals surface area contributed by atoms with Crippen LogP contribution in [0.2, 0.25) is 0 Å². The molecule has 0 amide bonds. The molecule has 13 aromatic rings. The first kappa shape index (κ1) is 34.0. The fourth-order valence-corrected chi connectivity index (χ4v) is 10.7. The van der Waals surface area contributed by atoms with Crippen LogP contribution >= 0.6 is 11.3 Å². The van der Waals surface area contributed by atoms with Crippen LogP contribution in [0.4, 0.5) is 0 Å². The fourth-order valence-electron chi connectivity index (χ4n) is 9.52. The van der Waals surface area contributed by atoms with Crippen LogP contribution in [-0.4, -0.2) is 24.1 Å². The molecule has 5 nitrogen and oxygen atoms in total. The van der Waals surface area contributed by atoms with Crippen LogP contribution in [0.25, 0.3) is 120 Å². The van der Waals surface area contributed by atoms with Crippen molar-refractivity contribution in [1.82, 2.24) is 24.1 Å². The first-order valence-electron chi connectivity index (χ1n) is 20.5. The Hall–Kier alpha value is -7.93. The van der Waals surface area contributed by atoms with Gasteiger partial charge in [-0.25, -0.2) is 9.97 Å². The summed E-state index contributed by atoms with van der Waals surface area (Å²) in [5.41, 5.74) is 11.1. The highest BCUT2D eigenvalue weighted by atomic mass is 32.1. The molecule has 0 radical (unpaired) electrons. The van der Waals surface area contributed by atoms with Crippen LogP contribution in [0.3, 0.4) is 0 Å². The number of hydrogen-bond donors (Lipinski definition) is 0. The Bertz CT molecular complexity index is 3860. The van der Waals surface area contributed by atoms with Crippen molar-refractivity contribution in [3.63, 3.8) is 0 Å². The summed E-state index contributed by atoms with van der Waals surface area (Å²) in [6, 6.07) is 67.7. The van der Waals surface area contributed by atoms with Gasteiger partial charge in [0.2, 0.25) is 0 Å². The zero-order chi connectivity index (χ0) is 40.0. The average Bonchev–Trinajstić information content (AvgIpc) is 4.02. The van der Waals surface area contributed by atoms with E-state index in [2.05, 4.69) is 190 Å². The van der Waals surface area contributed by atoms with Gasteiger partial charge in [-0.3, -0.25) is 9.55 Å². The number of fused-ring (bicyclic) bond motifs is 11. The van der Waals surface area contributed by atoms with Crippen molar-refractivity contribution in [3.8, 4) is 44.5 Å². The summed E-state index contributed by atoms with van der Waals surface area (Å²) in [5, 5.41) is 9.39. The second-order valence-corrected chi connectivity index (χ2v) is 16.7. The summed E-state index contributed by atoms with van der Waals surface area (Å²) in [4.78, 5) is 16.4. The normalized spacial score (nSPS) is 11.9. The lowest BCUT2D eigenvalue weighted by Gasteiger charge is -2.14. The summed E-state index contributed by atoms with van der Waals surface area (Å²) in [6.07, 6.45) is 3.62. The number of benzene rings is 8. The molecule has 0 spiro atoms. The summed E-state index contributed by atoms with van der Waals surface area (Å²) in [6.45, 7) is 0. The quantitative estimate of drug-likeness (QED) is 0.174. The largest absolute Gasteiger partial charge is 0.309 e. The number of pyridine rings is 1. The standard InChI is InChI=1S/C55H33N5S/c1-3-13-35(14-4-1)49-33-38-23-26-45-51(53(38)61-49)55(58-54(57-45)36-28-30-56-31-29-36)60-47-27-24-37(32-44(47)42-25-22-34-12-7-8-17-41(34)52(42)60)40-19-11-21-48-50(40)43-18-9-10-20-46(43)59(48)39-15-5-2-6-16-39/h1-33H. The van der Waals surface area contributed by atoms with Crippen molar-refractivity contribution in [3.05, 3.63) is 200 Å². The third-order valence-electron chi connectivity index (χ3n) is 12.2. The molecule has 0 bridgehead atoms. The maximum atomic E-state index is 5.57. The Kier molecular flexibility index (Phi) is 7.41. The Morgan fingerprint density at radius 3 is 2.03 bits per heavy atom. The molecule has 0 atom stereocenters. The van der Waals surface area contributed by atoms with Gasteiger partial charge in [0.1, 0.15) is 0 Å². The van der Waals surface area contributed by atoms with E-state index in [1.54, 1.807) is 11.3 Å². The smallest absolute Gasteiger partial charge is 0.162 e. The summed E-state index contributed by atoms with van der Waals surface area (Å²) >= 11 is 1.80. The van der Waals surface area contributed by atoms with E-state index in [1.165, 1.54) is 75.0 Å². The van der Waals surface area contributed by atoms with Crippen LogP contribution in [0.1, 0.15) is 0 Å². The minimum absolute atomic E-state index is 0.664. The fraction of sp³-hybridized carbons (Fsp3) is 0. The second kappa shape index (κ2) is 13.3. The minimum atomic E-state index is 0.664. The van der Waals surface area contributed by atoms with E-state index < -0.39 is 0 Å². The summed E-state index contributed by atoms with van der Waals surface area (Å²) < 4.78 is 5.97.